The Hall–Kier alpha value is -0.750. The Morgan fingerprint density at radius 1 is 1.47 bits per heavy atom. The Morgan fingerprint density at radius 3 is 2.95 bits per heavy atom. The SMILES string of the molecule is CCSCCN1C(=O)NC2(CCCCC2CN)C1=O. The topological polar surface area (TPSA) is 75.4 Å². The minimum Gasteiger partial charge on any atom is -0.330 e. The molecule has 1 aliphatic carbocycles. The zero-order valence-electron chi connectivity index (χ0n) is 11.5. The van der Waals surface area contributed by atoms with Gasteiger partial charge in [0.05, 0.1) is 0 Å². The molecule has 2 atom stereocenters. The first-order valence-electron chi connectivity index (χ1n) is 7.07. The van der Waals surface area contributed by atoms with E-state index in [9.17, 15) is 9.59 Å². The fourth-order valence-electron chi connectivity index (χ4n) is 3.16. The molecule has 6 heteroatoms. The van der Waals surface area contributed by atoms with Crippen molar-refractivity contribution in [3.05, 3.63) is 0 Å². The number of urea groups is 1. The highest BCUT2D eigenvalue weighted by molar-refractivity contribution is 7.99. The van der Waals surface area contributed by atoms with Crippen LogP contribution < -0.4 is 11.1 Å². The van der Waals surface area contributed by atoms with Crippen molar-refractivity contribution in [2.24, 2.45) is 11.7 Å². The number of thioether (sulfide) groups is 1. The maximum atomic E-state index is 12.6. The van der Waals surface area contributed by atoms with E-state index in [-0.39, 0.29) is 17.9 Å². The maximum Gasteiger partial charge on any atom is 0.325 e. The van der Waals surface area contributed by atoms with E-state index in [0.717, 1.165) is 37.2 Å². The van der Waals surface area contributed by atoms with Crippen LogP contribution in [0, 0.1) is 5.92 Å². The fraction of sp³-hybridized carbons (Fsp3) is 0.846. The molecule has 3 amide bonds. The second-order valence-corrected chi connectivity index (χ2v) is 6.63. The molecule has 2 rings (SSSR count). The molecule has 1 aliphatic heterocycles. The van der Waals surface area contributed by atoms with E-state index in [4.69, 9.17) is 5.73 Å². The zero-order chi connectivity index (χ0) is 13.9. The molecular weight excluding hydrogens is 262 g/mol. The van der Waals surface area contributed by atoms with Crippen LogP contribution in [0.1, 0.15) is 32.6 Å². The monoisotopic (exact) mass is 285 g/mol. The number of carbonyl (C=O) groups is 2. The van der Waals surface area contributed by atoms with Crippen LogP contribution in [0.2, 0.25) is 0 Å². The van der Waals surface area contributed by atoms with E-state index in [2.05, 4.69) is 12.2 Å². The summed E-state index contributed by atoms with van der Waals surface area (Å²) in [6, 6.07) is -0.234. The molecule has 1 saturated carbocycles. The average Bonchev–Trinajstić information content (AvgIpc) is 2.64. The van der Waals surface area contributed by atoms with Crippen molar-refractivity contribution in [2.75, 3.05) is 24.6 Å². The van der Waals surface area contributed by atoms with Gasteiger partial charge in [-0.15, -0.1) is 0 Å². The van der Waals surface area contributed by atoms with Crippen molar-refractivity contribution in [2.45, 2.75) is 38.1 Å². The zero-order valence-corrected chi connectivity index (χ0v) is 12.3. The summed E-state index contributed by atoms with van der Waals surface area (Å²) in [5, 5.41) is 2.95. The largest absolute Gasteiger partial charge is 0.330 e. The number of carbonyl (C=O) groups excluding carboxylic acids is 2. The summed E-state index contributed by atoms with van der Waals surface area (Å²) in [7, 11) is 0. The molecule has 2 fully saturated rings. The number of imide groups is 1. The number of nitrogens with two attached hydrogens (primary N) is 1. The lowest BCUT2D eigenvalue weighted by Crippen LogP contribution is -2.57. The van der Waals surface area contributed by atoms with Crippen LogP contribution >= 0.6 is 11.8 Å². The van der Waals surface area contributed by atoms with Crippen LogP contribution in [0.3, 0.4) is 0 Å². The van der Waals surface area contributed by atoms with Crippen LogP contribution in [-0.2, 0) is 4.79 Å². The maximum absolute atomic E-state index is 12.6. The number of rotatable bonds is 5. The van der Waals surface area contributed by atoms with Crippen LogP contribution in [0.15, 0.2) is 0 Å². The molecule has 19 heavy (non-hydrogen) atoms. The van der Waals surface area contributed by atoms with Crippen molar-refractivity contribution < 1.29 is 9.59 Å². The number of nitrogens with zero attached hydrogens (tertiary/aromatic N) is 1. The Labute approximate surface area is 118 Å². The van der Waals surface area contributed by atoms with Gasteiger partial charge in [-0.05, 0) is 25.1 Å². The summed E-state index contributed by atoms with van der Waals surface area (Å²) in [5.41, 5.74) is 5.10. The molecule has 1 heterocycles. The van der Waals surface area contributed by atoms with Crippen molar-refractivity contribution in [3.63, 3.8) is 0 Å². The third-order valence-electron chi connectivity index (χ3n) is 4.22. The molecule has 0 bridgehead atoms. The van der Waals surface area contributed by atoms with Crippen molar-refractivity contribution in [1.82, 2.24) is 10.2 Å². The second kappa shape index (κ2) is 6.13. The van der Waals surface area contributed by atoms with E-state index in [1.165, 1.54) is 4.90 Å². The van der Waals surface area contributed by atoms with Crippen LogP contribution in [-0.4, -0.2) is 47.0 Å². The van der Waals surface area contributed by atoms with E-state index in [0.29, 0.717) is 13.1 Å². The molecular formula is C13H23N3O2S. The van der Waals surface area contributed by atoms with Crippen LogP contribution in [0.25, 0.3) is 0 Å². The van der Waals surface area contributed by atoms with Gasteiger partial charge in [0.25, 0.3) is 5.91 Å². The van der Waals surface area contributed by atoms with Gasteiger partial charge in [-0.2, -0.15) is 11.8 Å². The standard InChI is InChI=1S/C13H23N3O2S/c1-2-19-8-7-16-11(17)13(15-12(16)18)6-4-3-5-10(13)9-14/h10H,2-9,14H2,1H3,(H,15,18). The summed E-state index contributed by atoms with van der Waals surface area (Å²) in [6.45, 7) is 3.04. The quantitative estimate of drug-likeness (QED) is 0.587. The van der Waals surface area contributed by atoms with Gasteiger partial charge in [-0.25, -0.2) is 4.79 Å². The van der Waals surface area contributed by atoms with Crippen molar-refractivity contribution in [3.8, 4) is 0 Å². The van der Waals surface area contributed by atoms with Gasteiger partial charge in [0, 0.05) is 18.2 Å². The first kappa shape index (κ1) is 14.7. The smallest absolute Gasteiger partial charge is 0.325 e. The summed E-state index contributed by atoms with van der Waals surface area (Å²) in [4.78, 5) is 26.1. The van der Waals surface area contributed by atoms with Crippen LogP contribution in [0.5, 0.6) is 0 Å². The van der Waals surface area contributed by atoms with Gasteiger partial charge in [-0.1, -0.05) is 19.8 Å². The normalized spacial score (nSPS) is 31.1. The molecule has 108 valence electrons. The molecule has 0 aromatic rings. The van der Waals surface area contributed by atoms with Gasteiger partial charge < -0.3 is 11.1 Å². The highest BCUT2D eigenvalue weighted by atomic mass is 32.2. The third-order valence-corrected chi connectivity index (χ3v) is 5.10. The molecule has 0 aromatic carbocycles. The van der Waals surface area contributed by atoms with E-state index >= 15 is 0 Å². The molecule has 0 radical (unpaired) electrons. The van der Waals surface area contributed by atoms with Gasteiger partial charge >= 0.3 is 6.03 Å². The van der Waals surface area contributed by atoms with E-state index < -0.39 is 5.54 Å². The predicted molar refractivity (Wildman–Crippen MR) is 77.0 cm³/mol. The van der Waals surface area contributed by atoms with E-state index in [1.807, 2.05) is 0 Å². The third kappa shape index (κ3) is 2.60. The first-order chi connectivity index (χ1) is 9.15. The lowest BCUT2D eigenvalue weighted by atomic mass is 9.72. The highest BCUT2D eigenvalue weighted by Gasteiger charge is 2.55. The molecule has 5 nitrogen and oxygen atoms in total. The lowest BCUT2D eigenvalue weighted by molar-refractivity contribution is -0.134. The van der Waals surface area contributed by atoms with Crippen LogP contribution in [0.4, 0.5) is 4.79 Å². The molecule has 2 unspecified atom stereocenters. The summed E-state index contributed by atoms with van der Waals surface area (Å²) >= 11 is 1.74. The van der Waals surface area contributed by atoms with Gasteiger partial charge in [-0.3, -0.25) is 9.69 Å². The van der Waals surface area contributed by atoms with Gasteiger partial charge in [0.2, 0.25) is 0 Å². The van der Waals surface area contributed by atoms with Crippen molar-refractivity contribution in [1.29, 1.82) is 0 Å². The van der Waals surface area contributed by atoms with E-state index in [1.54, 1.807) is 11.8 Å². The second-order valence-electron chi connectivity index (χ2n) is 5.23. The number of amides is 3. The highest BCUT2D eigenvalue weighted by Crippen LogP contribution is 2.37. The number of hydrogen-bond acceptors (Lipinski definition) is 4. The summed E-state index contributed by atoms with van der Waals surface area (Å²) in [5.74, 6) is 1.84. The molecule has 1 spiro atoms. The average molecular weight is 285 g/mol. The number of nitrogens with one attached hydrogen (secondary N) is 1. The molecule has 3 N–H and O–H groups in total. The molecule has 1 saturated heterocycles. The first-order valence-corrected chi connectivity index (χ1v) is 8.23. The molecule has 0 aromatic heterocycles. The Kier molecular flexibility index (Phi) is 4.73. The summed E-state index contributed by atoms with van der Waals surface area (Å²) < 4.78 is 0. The van der Waals surface area contributed by atoms with Gasteiger partial charge in [0.1, 0.15) is 5.54 Å². The van der Waals surface area contributed by atoms with Gasteiger partial charge in [0.15, 0.2) is 0 Å². The minimum absolute atomic E-state index is 0.0515. The predicted octanol–water partition coefficient (Wildman–Crippen LogP) is 1.18. The Bertz CT molecular complexity index is 364. The lowest BCUT2D eigenvalue weighted by Gasteiger charge is -2.38. The minimum atomic E-state index is -0.707. The Morgan fingerprint density at radius 2 is 2.26 bits per heavy atom. The van der Waals surface area contributed by atoms with Crippen molar-refractivity contribution >= 4 is 23.7 Å². The fourth-order valence-corrected chi connectivity index (χ4v) is 3.76. The molecule has 2 aliphatic rings. The Balaban J connectivity index is 2.11. The number of hydrogen-bond donors (Lipinski definition) is 2. The summed E-state index contributed by atoms with van der Waals surface area (Å²) in [6.07, 6.45) is 3.75.